The molecule has 0 amide bonds. The first-order valence-corrected chi connectivity index (χ1v) is 4.60. The highest BCUT2D eigenvalue weighted by molar-refractivity contribution is 5.72. The molecular formula is C9H11F3N2O2. The van der Waals surface area contributed by atoms with Gasteiger partial charge in [0.1, 0.15) is 0 Å². The maximum atomic E-state index is 12.3. The average molecular weight is 236 g/mol. The van der Waals surface area contributed by atoms with Gasteiger partial charge in [-0.15, -0.1) is 0 Å². The van der Waals surface area contributed by atoms with E-state index in [1.165, 1.54) is 7.05 Å². The average Bonchev–Trinajstić information content (AvgIpc) is 2.47. The number of carbonyl (C=O) groups is 1. The van der Waals surface area contributed by atoms with Crippen LogP contribution in [0, 0.1) is 0 Å². The zero-order valence-corrected chi connectivity index (χ0v) is 8.84. The summed E-state index contributed by atoms with van der Waals surface area (Å²) in [7, 11) is 1.35. The first-order valence-electron chi connectivity index (χ1n) is 4.60. The van der Waals surface area contributed by atoms with Gasteiger partial charge in [-0.25, -0.2) is 0 Å². The van der Waals surface area contributed by atoms with Crippen molar-refractivity contribution in [3.05, 3.63) is 17.5 Å². The molecule has 0 saturated carbocycles. The molecule has 0 aliphatic rings. The van der Waals surface area contributed by atoms with Gasteiger partial charge in [-0.1, -0.05) is 0 Å². The summed E-state index contributed by atoms with van der Waals surface area (Å²) in [4.78, 5) is 11.1. The molecule has 1 aromatic rings. The van der Waals surface area contributed by atoms with Crippen molar-refractivity contribution in [1.29, 1.82) is 0 Å². The Hall–Kier alpha value is -1.53. The van der Waals surface area contributed by atoms with Crippen LogP contribution < -0.4 is 0 Å². The van der Waals surface area contributed by atoms with Crippen molar-refractivity contribution in [2.45, 2.75) is 19.5 Å². The van der Waals surface area contributed by atoms with E-state index in [2.05, 4.69) is 9.84 Å². The predicted molar refractivity (Wildman–Crippen MR) is 48.5 cm³/mol. The first-order chi connectivity index (χ1) is 7.34. The Kier molecular flexibility index (Phi) is 3.56. The molecule has 0 bridgehead atoms. The maximum absolute atomic E-state index is 12.3. The van der Waals surface area contributed by atoms with Gasteiger partial charge < -0.3 is 4.74 Å². The molecule has 1 heterocycles. The van der Waals surface area contributed by atoms with Crippen LogP contribution in [0.3, 0.4) is 0 Å². The smallest absolute Gasteiger partial charge is 0.435 e. The summed E-state index contributed by atoms with van der Waals surface area (Å²) < 4.78 is 42.5. The normalized spacial score (nSPS) is 11.6. The van der Waals surface area contributed by atoms with Crippen molar-refractivity contribution in [3.63, 3.8) is 0 Å². The van der Waals surface area contributed by atoms with Crippen molar-refractivity contribution >= 4 is 5.97 Å². The molecule has 4 nitrogen and oxygen atoms in total. The van der Waals surface area contributed by atoms with Crippen molar-refractivity contribution < 1.29 is 22.7 Å². The lowest BCUT2D eigenvalue weighted by Crippen LogP contribution is -2.10. The van der Waals surface area contributed by atoms with Crippen LogP contribution in [0.15, 0.2) is 6.07 Å². The van der Waals surface area contributed by atoms with Gasteiger partial charge in [0.15, 0.2) is 5.69 Å². The highest BCUT2D eigenvalue weighted by Crippen LogP contribution is 2.28. The third-order valence-electron chi connectivity index (χ3n) is 1.90. The quantitative estimate of drug-likeness (QED) is 0.748. The van der Waals surface area contributed by atoms with Crippen LogP contribution in [0.2, 0.25) is 0 Å². The Bertz CT molecular complexity index is 385. The fourth-order valence-corrected chi connectivity index (χ4v) is 1.17. The molecule has 0 radical (unpaired) electrons. The van der Waals surface area contributed by atoms with E-state index in [9.17, 15) is 18.0 Å². The molecule has 0 fully saturated rings. The standard InChI is InChI=1S/C9H11F3N2O2/c1-3-16-8(15)5-6-4-7(9(10,11)12)13-14(6)2/h4H,3,5H2,1-2H3. The van der Waals surface area contributed by atoms with Gasteiger partial charge in [-0.3, -0.25) is 9.48 Å². The molecule has 0 N–H and O–H groups in total. The lowest BCUT2D eigenvalue weighted by Gasteiger charge is -2.01. The number of aryl methyl sites for hydroxylation is 1. The van der Waals surface area contributed by atoms with Gasteiger partial charge in [0.2, 0.25) is 0 Å². The third kappa shape index (κ3) is 2.98. The molecule has 0 atom stereocenters. The Morgan fingerprint density at radius 3 is 2.62 bits per heavy atom. The zero-order chi connectivity index (χ0) is 12.3. The summed E-state index contributed by atoms with van der Waals surface area (Å²) in [6.45, 7) is 1.82. The maximum Gasteiger partial charge on any atom is 0.435 e. The molecule has 7 heteroatoms. The van der Waals surface area contributed by atoms with Gasteiger partial charge >= 0.3 is 12.1 Å². The number of nitrogens with zero attached hydrogens (tertiary/aromatic N) is 2. The van der Waals surface area contributed by atoms with Crippen LogP contribution in [-0.2, 0) is 29.2 Å². The van der Waals surface area contributed by atoms with E-state index >= 15 is 0 Å². The Labute approximate surface area is 90.0 Å². The van der Waals surface area contributed by atoms with Gasteiger partial charge in [0, 0.05) is 12.7 Å². The van der Waals surface area contributed by atoms with Crippen LogP contribution in [0.1, 0.15) is 18.3 Å². The van der Waals surface area contributed by atoms with E-state index < -0.39 is 17.8 Å². The fraction of sp³-hybridized carbons (Fsp3) is 0.556. The molecule has 0 unspecified atom stereocenters. The molecular weight excluding hydrogens is 225 g/mol. The number of carbonyl (C=O) groups excluding carboxylic acids is 1. The minimum Gasteiger partial charge on any atom is -0.466 e. The number of esters is 1. The van der Waals surface area contributed by atoms with Crippen molar-refractivity contribution in [2.75, 3.05) is 6.61 Å². The van der Waals surface area contributed by atoms with Gasteiger partial charge in [-0.2, -0.15) is 18.3 Å². The number of rotatable bonds is 3. The Morgan fingerprint density at radius 2 is 2.19 bits per heavy atom. The van der Waals surface area contributed by atoms with E-state index in [-0.39, 0.29) is 18.7 Å². The lowest BCUT2D eigenvalue weighted by molar-refractivity contribution is -0.143. The second-order valence-electron chi connectivity index (χ2n) is 3.12. The summed E-state index contributed by atoms with van der Waals surface area (Å²) in [5.41, 5.74) is -0.833. The molecule has 0 aliphatic carbocycles. The molecule has 1 aromatic heterocycles. The molecule has 0 saturated heterocycles. The van der Waals surface area contributed by atoms with E-state index in [4.69, 9.17) is 0 Å². The highest BCUT2D eigenvalue weighted by atomic mass is 19.4. The second kappa shape index (κ2) is 4.54. The molecule has 0 aromatic carbocycles. The summed E-state index contributed by atoms with van der Waals surface area (Å²) in [6, 6.07) is 0.844. The predicted octanol–water partition coefficient (Wildman–Crippen LogP) is 1.54. The monoisotopic (exact) mass is 236 g/mol. The minimum absolute atomic E-state index is 0.172. The lowest BCUT2D eigenvalue weighted by atomic mass is 10.3. The topological polar surface area (TPSA) is 44.1 Å². The minimum atomic E-state index is -4.50. The molecule has 16 heavy (non-hydrogen) atoms. The van der Waals surface area contributed by atoms with Crippen LogP contribution in [0.5, 0.6) is 0 Å². The number of ether oxygens (including phenoxy) is 1. The third-order valence-corrected chi connectivity index (χ3v) is 1.90. The summed E-state index contributed by atoms with van der Waals surface area (Å²) >= 11 is 0. The van der Waals surface area contributed by atoms with Crippen molar-refractivity contribution in [2.24, 2.45) is 7.05 Å². The summed E-state index contributed by atoms with van der Waals surface area (Å²) in [5, 5.41) is 3.28. The van der Waals surface area contributed by atoms with E-state index in [0.717, 1.165) is 10.7 Å². The number of aromatic nitrogens is 2. The zero-order valence-electron chi connectivity index (χ0n) is 8.84. The summed E-state index contributed by atoms with van der Waals surface area (Å²) in [6.07, 6.45) is -4.71. The van der Waals surface area contributed by atoms with E-state index in [0.29, 0.717) is 0 Å². The Balaban J connectivity index is 2.82. The fourth-order valence-electron chi connectivity index (χ4n) is 1.17. The Morgan fingerprint density at radius 1 is 1.56 bits per heavy atom. The number of alkyl halides is 3. The first kappa shape index (κ1) is 12.5. The number of hydrogen-bond donors (Lipinski definition) is 0. The summed E-state index contributed by atoms with van der Waals surface area (Å²) in [5.74, 6) is -0.570. The van der Waals surface area contributed by atoms with Crippen molar-refractivity contribution in [3.8, 4) is 0 Å². The molecule has 90 valence electrons. The van der Waals surface area contributed by atoms with Crippen LogP contribution in [0.4, 0.5) is 13.2 Å². The van der Waals surface area contributed by atoms with Gasteiger partial charge in [-0.05, 0) is 13.0 Å². The molecule has 1 rings (SSSR count). The highest BCUT2D eigenvalue weighted by Gasteiger charge is 2.34. The SMILES string of the molecule is CCOC(=O)Cc1cc(C(F)(F)F)nn1C. The number of halogens is 3. The van der Waals surface area contributed by atoms with Crippen LogP contribution >= 0.6 is 0 Å². The van der Waals surface area contributed by atoms with E-state index in [1.807, 2.05) is 0 Å². The largest absolute Gasteiger partial charge is 0.466 e. The van der Waals surface area contributed by atoms with E-state index in [1.54, 1.807) is 6.92 Å². The van der Waals surface area contributed by atoms with Gasteiger partial charge in [0.05, 0.1) is 13.0 Å². The number of hydrogen-bond acceptors (Lipinski definition) is 3. The molecule has 0 spiro atoms. The van der Waals surface area contributed by atoms with Crippen LogP contribution in [-0.4, -0.2) is 22.4 Å². The van der Waals surface area contributed by atoms with Crippen molar-refractivity contribution in [1.82, 2.24) is 9.78 Å². The van der Waals surface area contributed by atoms with Crippen LogP contribution in [0.25, 0.3) is 0 Å². The second-order valence-corrected chi connectivity index (χ2v) is 3.12. The molecule has 0 aliphatic heterocycles. The van der Waals surface area contributed by atoms with Gasteiger partial charge in [0.25, 0.3) is 0 Å².